The summed E-state index contributed by atoms with van der Waals surface area (Å²) in [5, 5.41) is 18.8. The fraction of sp³-hybridized carbons (Fsp3) is 0.429. The van der Waals surface area contributed by atoms with Gasteiger partial charge < -0.3 is 15.1 Å². The maximum atomic E-state index is 12.6. The van der Waals surface area contributed by atoms with Gasteiger partial charge in [0.2, 0.25) is 0 Å². The highest BCUT2D eigenvalue weighted by molar-refractivity contribution is 14.1. The number of carboxylic acids is 1. The van der Waals surface area contributed by atoms with Crippen molar-refractivity contribution in [2.45, 2.75) is 32.7 Å². The molecule has 0 saturated heterocycles. The molecule has 0 aromatic heterocycles. The summed E-state index contributed by atoms with van der Waals surface area (Å²) in [6.45, 7) is 4.09. The number of halogens is 2. The highest BCUT2D eigenvalue weighted by Gasteiger charge is 2.23. The smallest absolute Gasteiger partial charge is 0.303 e. The molecule has 1 aromatic carbocycles. The van der Waals surface area contributed by atoms with Crippen LogP contribution in [0.2, 0.25) is 0 Å². The molecule has 0 unspecified atom stereocenters. The predicted octanol–water partition coefficient (Wildman–Crippen LogP) is 3.32. The molecule has 5 nitrogen and oxygen atoms in total. The van der Waals surface area contributed by atoms with E-state index in [9.17, 15) is 14.7 Å². The monoisotopic (exact) mass is 517 g/mol. The number of hydrogen-bond acceptors (Lipinski definition) is 3. The SMILES string of the molecule is CC(C)N(CCCC(=O)O)C(=O)c1cc(I)cc(I)c1O. The first-order chi connectivity index (χ1) is 9.73. The fourth-order valence-electron chi connectivity index (χ4n) is 1.88. The van der Waals surface area contributed by atoms with Crippen molar-refractivity contribution in [2.24, 2.45) is 0 Å². The lowest BCUT2D eigenvalue weighted by Gasteiger charge is -2.27. The Kier molecular flexibility index (Phi) is 7.17. The van der Waals surface area contributed by atoms with Gasteiger partial charge >= 0.3 is 5.97 Å². The molecule has 0 aliphatic rings. The summed E-state index contributed by atoms with van der Waals surface area (Å²) in [4.78, 5) is 24.8. The molecule has 0 radical (unpaired) electrons. The summed E-state index contributed by atoms with van der Waals surface area (Å²) in [6.07, 6.45) is 0.410. The Balaban J connectivity index is 2.98. The third-order valence-electron chi connectivity index (χ3n) is 2.93. The van der Waals surface area contributed by atoms with E-state index in [0.717, 1.165) is 3.57 Å². The van der Waals surface area contributed by atoms with E-state index in [1.165, 1.54) is 0 Å². The van der Waals surface area contributed by atoms with Crippen molar-refractivity contribution >= 4 is 57.1 Å². The number of benzene rings is 1. The molecule has 0 fully saturated rings. The van der Waals surface area contributed by atoms with Gasteiger partial charge in [-0.3, -0.25) is 9.59 Å². The minimum atomic E-state index is -0.877. The van der Waals surface area contributed by atoms with Crippen molar-refractivity contribution in [3.63, 3.8) is 0 Å². The van der Waals surface area contributed by atoms with Gasteiger partial charge in [-0.05, 0) is 77.6 Å². The first kappa shape index (κ1) is 18.5. The standard InChI is InChI=1S/C14H17I2NO4/c1-8(2)17(5-3-4-12(18)19)14(21)10-6-9(15)7-11(16)13(10)20/h6-8,20H,3-5H2,1-2H3,(H,18,19). The van der Waals surface area contributed by atoms with E-state index in [1.54, 1.807) is 17.0 Å². The molecule has 0 spiro atoms. The Morgan fingerprint density at radius 1 is 1.29 bits per heavy atom. The largest absolute Gasteiger partial charge is 0.506 e. The molecule has 0 atom stereocenters. The fourth-order valence-corrected chi connectivity index (χ4v) is 3.72. The number of hydrogen-bond donors (Lipinski definition) is 2. The van der Waals surface area contributed by atoms with Crippen LogP contribution in [0.4, 0.5) is 0 Å². The molecule has 21 heavy (non-hydrogen) atoms. The lowest BCUT2D eigenvalue weighted by Crippen LogP contribution is -2.38. The average molecular weight is 517 g/mol. The van der Waals surface area contributed by atoms with Crippen molar-refractivity contribution < 1.29 is 19.8 Å². The molecule has 7 heteroatoms. The molecule has 0 aliphatic heterocycles. The number of nitrogens with zero attached hydrogens (tertiary/aromatic N) is 1. The molecule has 0 saturated carbocycles. The van der Waals surface area contributed by atoms with Crippen LogP contribution in [0.3, 0.4) is 0 Å². The lowest BCUT2D eigenvalue weighted by molar-refractivity contribution is -0.137. The first-order valence-electron chi connectivity index (χ1n) is 6.44. The maximum Gasteiger partial charge on any atom is 0.303 e. The number of carboxylic acid groups (broad SMARTS) is 1. The Hall–Kier alpha value is -0.580. The normalized spacial score (nSPS) is 10.7. The first-order valence-corrected chi connectivity index (χ1v) is 8.60. The molecule has 0 heterocycles. The molecule has 1 rings (SSSR count). The van der Waals surface area contributed by atoms with Gasteiger partial charge in [0.05, 0.1) is 9.13 Å². The third kappa shape index (κ3) is 5.28. The lowest BCUT2D eigenvalue weighted by atomic mass is 10.1. The highest BCUT2D eigenvalue weighted by Crippen LogP contribution is 2.28. The second-order valence-corrected chi connectivity index (χ2v) is 7.28. The zero-order valence-electron chi connectivity index (χ0n) is 11.8. The van der Waals surface area contributed by atoms with Crippen LogP contribution in [0.1, 0.15) is 37.0 Å². The molecule has 116 valence electrons. The number of phenols is 1. The molecular formula is C14H17I2NO4. The number of amides is 1. The van der Waals surface area contributed by atoms with Gasteiger partial charge in [-0.15, -0.1) is 0 Å². The average Bonchev–Trinajstić information content (AvgIpc) is 2.37. The molecule has 2 N–H and O–H groups in total. The summed E-state index contributed by atoms with van der Waals surface area (Å²) < 4.78 is 1.49. The molecule has 0 bridgehead atoms. The summed E-state index contributed by atoms with van der Waals surface area (Å²) >= 11 is 4.08. The van der Waals surface area contributed by atoms with Gasteiger partial charge in [0.15, 0.2) is 0 Å². The zero-order chi connectivity index (χ0) is 16.2. The van der Waals surface area contributed by atoms with Gasteiger partial charge in [-0.1, -0.05) is 0 Å². The summed E-state index contributed by atoms with van der Waals surface area (Å²) in [5.41, 5.74) is 0.260. The summed E-state index contributed by atoms with van der Waals surface area (Å²) in [7, 11) is 0. The molecule has 1 aromatic rings. The minimum absolute atomic E-state index is 0.0202. The number of carbonyl (C=O) groups is 2. The van der Waals surface area contributed by atoms with Crippen LogP contribution >= 0.6 is 45.2 Å². The zero-order valence-corrected chi connectivity index (χ0v) is 16.1. The van der Waals surface area contributed by atoms with E-state index >= 15 is 0 Å². The van der Waals surface area contributed by atoms with Gasteiger partial charge in [-0.25, -0.2) is 0 Å². The Labute approximate surface area is 151 Å². The number of rotatable bonds is 6. The van der Waals surface area contributed by atoms with Crippen LogP contribution in [0.5, 0.6) is 5.75 Å². The maximum absolute atomic E-state index is 12.6. The second kappa shape index (κ2) is 8.16. The van der Waals surface area contributed by atoms with Crippen LogP contribution in [-0.4, -0.2) is 39.6 Å². The number of aromatic hydroxyl groups is 1. The van der Waals surface area contributed by atoms with Crippen LogP contribution in [0.15, 0.2) is 12.1 Å². The van der Waals surface area contributed by atoms with Crippen molar-refractivity contribution in [2.75, 3.05) is 6.54 Å². The van der Waals surface area contributed by atoms with E-state index in [4.69, 9.17) is 5.11 Å². The quantitative estimate of drug-likeness (QED) is 0.569. The third-order valence-corrected chi connectivity index (χ3v) is 4.38. The van der Waals surface area contributed by atoms with Crippen molar-refractivity contribution in [3.05, 3.63) is 24.8 Å². The Bertz CT molecular complexity index is 546. The second-order valence-electron chi connectivity index (χ2n) is 4.87. The van der Waals surface area contributed by atoms with Crippen LogP contribution in [0, 0.1) is 7.14 Å². The molecule has 0 aliphatic carbocycles. The molecular weight excluding hydrogens is 500 g/mol. The van der Waals surface area contributed by atoms with Crippen LogP contribution in [0.25, 0.3) is 0 Å². The Morgan fingerprint density at radius 3 is 2.43 bits per heavy atom. The predicted molar refractivity (Wildman–Crippen MR) is 96.6 cm³/mol. The summed E-state index contributed by atoms with van der Waals surface area (Å²) in [5.74, 6) is -1.17. The topological polar surface area (TPSA) is 77.8 Å². The van der Waals surface area contributed by atoms with E-state index in [-0.39, 0.29) is 29.7 Å². The van der Waals surface area contributed by atoms with Crippen LogP contribution in [-0.2, 0) is 4.79 Å². The number of carbonyl (C=O) groups excluding carboxylic acids is 1. The summed E-state index contributed by atoms with van der Waals surface area (Å²) in [6, 6.07) is 3.37. The Morgan fingerprint density at radius 2 is 1.90 bits per heavy atom. The van der Waals surface area contributed by atoms with Gasteiger partial charge in [0, 0.05) is 22.6 Å². The van der Waals surface area contributed by atoms with Crippen molar-refractivity contribution in [3.8, 4) is 5.75 Å². The van der Waals surface area contributed by atoms with E-state index < -0.39 is 5.97 Å². The number of phenolic OH excluding ortho intramolecular Hbond substituents is 1. The van der Waals surface area contributed by atoms with Crippen LogP contribution < -0.4 is 0 Å². The number of aliphatic carboxylic acids is 1. The van der Waals surface area contributed by atoms with E-state index in [1.807, 2.05) is 36.4 Å². The highest BCUT2D eigenvalue weighted by atomic mass is 127. The van der Waals surface area contributed by atoms with Crippen molar-refractivity contribution in [1.29, 1.82) is 0 Å². The van der Waals surface area contributed by atoms with Gasteiger partial charge in [-0.2, -0.15) is 0 Å². The molecule has 1 amide bonds. The minimum Gasteiger partial charge on any atom is -0.506 e. The van der Waals surface area contributed by atoms with Crippen molar-refractivity contribution in [1.82, 2.24) is 4.90 Å². The van der Waals surface area contributed by atoms with Gasteiger partial charge in [0.25, 0.3) is 5.91 Å². The van der Waals surface area contributed by atoms with E-state index in [2.05, 4.69) is 22.6 Å². The van der Waals surface area contributed by atoms with Gasteiger partial charge in [0.1, 0.15) is 5.75 Å². The van der Waals surface area contributed by atoms with E-state index in [0.29, 0.717) is 16.5 Å².